The van der Waals surface area contributed by atoms with E-state index in [0.29, 0.717) is 0 Å². The molecule has 1 N–H and O–H groups in total. The Morgan fingerprint density at radius 2 is 2.05 bits per heavy atom. The van der Waals surface area contributed by atoms with E-state index >= 15 is 0 Å². The number of oxime groups is 1. The Bertz CT molecular complexity index is 837. The van der Waals surface area contributed by atoms with Gasteiger partial charge in [-0.25, -0.2) is 0 Å². The molecule has 0 amide bonds. The Morgan fingerprint density at radius 1 is 1.14 bits per heavy atom. The maximum atomic E-state index is 5.67. The highest BCUT2D eigenvalue weighted by molar-refractivity contribution is 9.10. The molecule has 4 heteroatoms. The quantitative estimate of drug-likeness (QED) is 0.715. The lowest BCUT2D eigenvalue weighted by atomic mass is 10.00. The van der Waals surface area contributed by atoms with Crippen LogP contribution >= 0.6 is 15.9 Å². The van der Waals surface area contributed by atoms with Crippen LogP contribution in [-0.2, 0) is 4.84 Å². The summed E-state index contributed by atoms with van der Waals surface area (Å²) in [5.74, 6) is 0. The standard InChI is InChI=1S/C17H13BrN2O/c18-12-5-3-4-11(8-12)16-9-17(21-20-16)14-10-19-15-7-2-1-6-13(14)15/h1-8,10,17,19H,9H2. The van der Waals surface area contributed by atoms with Gasteiger partial charge in [-0.1, -0.05) is 51.4 Å². The van der Waals surface area contributed by atoms with E-state index in [1.165, 1.54) is 10.9 Å². The van der Waals surface area contributed by atoms with Gasteiger partial charge in [0.15, 0.2) is 6.10 Å². The Labute approximate surface area is 130 Å². The van der Waals surface area contributed by atoms with Gasteiger partial charge in [0, 0.05) is 39.1 Å². The van der Waals surface area contributed by atoms with Crippen molar-refractivity contribution in [3.05, 3.63) is 70.3 Å². The fourth-order valence-electron chi connectivity index (χ4n) is 2.74. The van der Waals surface area contributed by atoms with Crippen LogP contribution in [-0.4, -0.2) is 10.7 Å². The van der Waals surface area contributed by atoms with E-state index in [4.69, 9.17) is 4.84 Å². The van der Waals surface area contributed by atoms with Crippen LogP contribution in [0.2, 0.25) is 0 Å². The third-order valence-corrected chi connectivity index (χ3v) is 4.29. The molecule has 1 atom stereocenters. The van der Waals surface area contributed by atoms with E-state index in [-0.39, 0.29) is 6.10 Å². The number of hydrogen-bond donors (Lipinski definition) is 1. The van der Waals surface area contributed by atoms with Crippen molar-refractivity contribution in [1.82, 2.24) is 4.98 Å². The lowest BCUT2D eigenvalue weighted by Crippen LogP contribution is -2.01. The molecule has 0 saturated heterocycles. The van der Waals surface area contributed by atoms with E-state index < -0.39 is 0 Å². The van der Waals surface area contributed by atoms with Crippen molar-refractivity contribution in [2.75, 3.05) is 0 Å². The van der Waals surface area contributed by atoms with Crippen LogP contribution < -0.4 is 0 Å². The van der Waals surface area contributed by atoms with Gasteiger partial charge >= 0.3 is 0 Å². The van der Waals surface area contributed by atoms with Crippen LogP contribution in [0.4, 0.5) is 0 Å². The van der Waals surface area contributed by atoms with Gasteiger partial charge in [0.05, 0.1) is 5.71 Å². The zero-order valence-electron chi connectivity index (χ0n) is 11.2. The molecule has 4 rings (SSSR count). The van der Waals surface area contributed by atoms with Crippen LogP contribution in [0.1, 0.15) is 23.7 Å². The second-order valence-electron chi connectivity index (χ2n) is 5.14. The van der Waals surface area contributed by atoms with Gasteiger partial charge in [-0.2, -0.15) is 0 Å². The van der Waals surface area contributed by atoms with E-state index in [0.717, 1.165) is 27.7 Å². The largest absolute Gasteiger partial charge is 0.387 e. The zero-order valence-corrected chi connectivity index (χ0v) is 12.8. The zero-order chi connectivity index (χ0) is 14.2. The molecule has 0 saturated carbocycles. The topological polar surface area (TPSA) is 37.4 Å². The SMILES string of the molecule is Brc1cccc(C2=NOC(c3c[nH]c4ccccc34)C2)c1. The van der Waals surface area contributed by atoms with Gasteiger partial charge in [0.25, 0.3) is 0 Å². The number of nitrogens with zero attached hydrogens (tertiary/aromatic N) is 1. The molecule has 0 fully saturated rings. The molecule has 0 spiro atoms. The van der Waals surface area contributed by atoms with Crippen molar-refractivity contribution in [3.63, 3.8) is 0 Å². The number of para-hydroxylation sites is 1. The minimum atomic E-state index is -0.0184. The lowest BCUT2D eigenvalue weighted by molar-refractivity contribution is 0.0868. The van der Waals surface area contributed by atoms with Gasteiger partial charge in [-0.3, -0.25) is 0 Å². The number of hydrogen-bond acceptors (Lipinski definition) is 2. The highest BCUT2D eigenvalue weighted by Crippen LogP contribution is 2.34. The third kappa shape index (κ3) is 2.25. The Kier molecular flexibility index (Phi) is 3.04. The van der Waals surface area contributed by atoms with Gasteiger partial charge in [0.2, 0.25) is 0 Å². The van der Waals surface area contributed by atoms with Gasteiger partial charge < -0.3 is 9.82 Å². The van der Waals surface area contributed by atoms with Crippen LogP contribution in [0.3, 0.4) is 0 Å². The van der Waals surface area contributed by atoms with Crippen LogP contribution in [0.5, 0.6) is 0 Å². The summed E-state index contributed by atoms with van der Waals surface area (Å²) in [4.78, 5) is 8.96. The van der Waals surface area contributed by atoms with Crippen molar-refractivity contribution in [2.24, 2.45) is 5.16 Å². The minimum absolute atomic E-state index is 0.0184. The normalized spacial score (nSPS) is 17.8. The number of rotatable bonds is 2. The number of aromatic amines is 1. The highest BCUT2D eigenvalue weighted by atomic mass is 79.9. The molecule has 1 aliphatic rings. The number of nitrogens with one attached hydrogen (secondary N) is 1. The fraction of sp³-hybridized carbons (Fsp3) is 0.118. The molecule has 1 aliphatic heterocycles. The average Bonchev–Trinajstić information content (AvgIpc) is 3.14. The van der Waals surface area contributed by atoms with Crippen LogP contribution in [0, 0.1) is 0 Å². The summed E-state index contributed by atoms with van der Waals surface area (Å²) in [6.07, 6.45) is 2.79. The van der Waals surface area contributed by atoms with Crippen molar-refractivity contribution >= 4 is 32.5 Å². The van der Waals surface area contributed by atoms with Crippen molar-refractivity contribution < 1.29 is 4.84 Å². The molecule has 21 heavy (non-hydrogen) atoms. The van der Waals surface area contributed by atoms with Crippen LogP contribution in [0.25, 0.3) is 10.9 Å². The number of fused-ring (bicyclic) bond motifs is 1. The van der Waals surface area contributed by atoms with E-state index in [1.54, 1.807) is 0 Å². The first-order chi connectivity index (χ1) is 10.3. The predicted octanol–water partition coefficient (Wildman–Crippen LogP) is 4.80. The predicted molar refractivity (Wildman–Crippen MR) is 87.4 cm³/mol. The first-order valence-corrected chi connectivity index (χ1v) is 7.65. The third-order valence-electron chi connectivity index (χ3n) is 3.79. The number of H-pyrrole nitrogens is 1. The minimum Gasteiger partial charge on any atom is -0.387 e. The van der Waals surface area contributed by atoms with Gasteiger partial charge in [-0.05, 0) is 18.2 Å². The molecule has 0 radical (unpaired) electrons. The first kappa shape index (κ1) is 12.7. The van der Waals surface area contributed by atoms with Crippen molar-refractivity contribution in [2.45, 2.75) is 12.5 Å². The summed E-state index contributed by atoms with van der Waals surface area (Å²) in [7, 11) is 0. The van der Waals surface area contributed by atoms with E-state index in [1.807, 2.05) is 30.5 Å². The Hall–Kier alpha value is -2.07. The maximum Gasteiger partial charge on any atom is 0.160 e. The Balaban J connectivity index is 1.63. The van der Waals surface area contributed by atoms with Gasteiger partial charge in [0.1, 0.15) is 0 Å². The molecule has 3 aromatic rings. The molecule has 1 aromatic heterocycles. The summed E-state index contributed by atoms with van der Waals surface area (Å²) in [6, 6.07) is 16.4. The smallest absolute Gasteiger partial charge is 0.160 e. The molecule has 1 unspecified atom stereocenters. The molecule has 104 valence electrons. The fourth-order valence-corrected chi connectivity index (χ4v) is 3.14. The van der Waals surface area contributed by atoms with Gasteiger partial charge in [-0.15, -0.1) is 0 Å². The van der Waals surface area contributed by atoms with E-state index in [9.17, 15) is 0 Å². The Morgan fingerprint density at radius 3 is 2.95 bits per heavy atom. The summed E-state index contributed by atoms with van der Waals surface area (Å²) in [6.45, 7) is 0. The molecule has 2 aromatic carbocycles. The lowest BCUT2D eigenvalue weighted by Gasteiger charge is -2.06. The monoisotopic (exact) mass is 340 g/mol. The van der Waals surface area contributed by atoms with Crippen LogP contribution in [0.15, 0.2) is 64.4 Å². The van der Waals surface area contributed by atoms with E-state index in [2.05, 4.69) is 50.3 Å². The molecular formula is C17H13BrN2O. The highest BCUT2D eigenvalue weighted by Gasteiger charge is 2.26. The van der Waals surface area contributed by atoms with Crippen molar-refractivity contribution in [1.29, 1.82) is 0 Å². The molecular weight excluding hydrogens is 328 g/mol. The summed E-state index contributed by atoms with van der Waals surface area (Å²) < 4.78 is 1.05. The molecule has 2 heterocycles. The number of aromatic nitrogens is 1. The van der Waals surface area contributed by atoms with Crippen molar-refractivity contribution in [3.8, 4) is 0 Å². The second kappa shape index (κ2) is 5.04. The number of halogens is 1. The number of benzene rings is 2. The first-order valence-electron chi connectivity index (χ1n) is 6.86. The molecule has 0 aliphatic carbocycles. The maximum absolute atomic E-state index is 5.67. The summed E-state index contributed by atoms with van der Waals surface area (Å²) in [5.41, 5.74) is 4.39. The average molecular weight is 341 g/mol. The molecule has 0 bridgehead atoms. The molecule has 3 nitrogen and oxygen atoms in total. The summed E-state index contributed by atoms with van der Waals surface area (Å²) in [5, 5.41) is 5.48. The second-order valence-corrected chi connectivity index (χ2v) is 6.05. The summed E-state index contributed by atoms with van der Waals surface area (Å²) >= 11 is 3.49.